The summed E-state index contributed by atoms with van der Waals surface area (Å²) in [5.41, 5.74) is 0.823. The summed E-state index contributed by atoms with van der Waals surface area (Å²) >= 11 is 0. The summed E-state index contributed by atoms with van der Waals surface area (Å²) in [7, 11) is -2.88. The molecule has 1 fully saturated rings. The minimum absolute atomic E-state index is 0.0607. The molecule has 4 heteroatoms. The molecule has 3 atom stereocenters. The Kier molecular flexibility index (Phi) is 4.44. The van der Waals surface area contributed by atoms with E-state index in [1.54, 1.807) is 0 Å². The van der Waals surface area contributed by atoms with E-state index in [4.69, 9.17) is 4.52 Å². The standard InChI is InChI=1S/C16H26NO2P/c1-13-11-12-17(16(3,4)5)20(18,19-13)14(2)15-9-7-6-8-10-15/h6-10,13-14H,11-12H2,1-5H3/t13-,14+,20?/m0/s1. The van der Waals surface area contributed by atoms with Crippen molar-refractivity contribution in [3.63, 3.8) is 0 Å². The van der Waals surface area contributed by atoms with Crippen molar-refractivity contribution >= 4 is 7.52 Å². The molecular weight excluding hydrogens is 269 g/mol. The van der Waals surface area contributed by atoms with Gasteiger partial charge in [-0.25, -0.2) is 4.67 Å². The Bertz CT molecular complexity index is 495. The van der Waals surface area contributed by atoms with Gasteiger partial charge < -0.3 is 4.52 Å². The van der Waals surface area contributed by atoms with Crippen molar-refractivity contribution in [2.45, 2.75) is 58.3 Å². The average Bonchev–Trinajstić information content (AvgIpc) is 2.37. The van der Waals surface area contributed by atoms with Crippen molar-refractivity contribution in [3.05, 3.63) is 35.9 Å². The van der Waals surface area contributed by atoms with Crippen LogP contribution in [0.1, 0.15) is 52.3 Å². The van der Waals surface area contributed by atoms with Crippen LogP contribution in [-0.2, 0) is 9.09 Å². The molecule has 1 saturated heterocycles. The van der Waals surface area contributed by atoms with Crippen LogP contribution in [0.3, 0.4) is 0 Å². The highest BCUT2D eigenvalue weighted by atomic mass is 31.2. The Morgan fingerprint density at radius 2 is 1.90 bits per heavy atom. The van der Waals surface area contributed by atoms with E-state index in [1.807, 2.05) is 44.2 Å². The van der Waals surface area contributed by atoms with E-state index in [-0.39, 0.29) is 17.3 Å². The van der Waals surface area contributed by atoms with Gasteiger partial charge in [0.25, 0.3) is 7.52 Å². The molecule has 0 spiro atoms. The SMILES string of the molecule is C[C@H](c1ccccc1)P1(=O)O[C@@H](C)CCN1C(C)(C)C. The van der Waals surface area contributed by atoms with E-state index in [0.717, 1.165) is 18.5 Å². The van der Waals surface area contributed by atoms with Crippen LogP contribution < -0.4 is 0 Å². The van der Waals surface area contributed by atoms with Crippen LogP contribution in [0.4, 0.5) is 0 Å². The molecule has 1 aliphatic rings. The normalized spacial score (nSPS) is 30.1. The first-order valence-electron chi connectivity index (χ1n) is 7.36. The molecule has 1 unspecified atom stereocenters. The molecule has 0 aromatic heterocycles. The quantitative estimate of drug-likeness (QED) is 0.730. The summed E-state index contributed by atoms with van der Waals surface area (Å²) in [6.45, 7) is 11.2. The third kappa shape index (κ3) is 3.00. The Hall–Kier alpha value is -0.630. The maximum absolute atomic E-state index is 13.6. The number of benzene rings is 1. The first kappa shape index (κ1) is 15.8. The van der Waals surface area contributed by atoms with Crippen LogP contribution in [0.2, 0.25) is 0 Å². The van der Waals surface area contributed by atoms with Crippen molar-refractivity contribution in [1.29, 1.82) is 0 Å². The summed E-state index contributed by atoms with van der Waals surface area (Å²) in [5.74, 6) is 0. The minimum atomic E-state index is -2.88. The van der Waals surface area contributed by atoms with Gasteiger partial charge in [-0.3, -0.25) is 4.57 Å². The van der Waals surface area contributed by atoms with Crippen molar-refractivity contribution in [1.82, 2.24) is 4.67 Å². The maximum Gasteiger partial charge on any atom is 0.280 e. The van der Waals surface area contributed by atoms with E-state index in [0.29, 0.717) is 0 Å². The van der Waals surface area contributed by atoms with Crippen molar-refractivity contribution in [2.24, 2.45) is 0 Å². The second-order valence-corrected chi connectivity index (χ2v) is 9.25. The summed E-state index contributed by atoms with van der Waals surface area (Å²) < 4.78 is 21.7. The molecule has 3 nitrogen and oxygen atoms in total. The molecule has 0 amide bonds. The van der Waals surface area contributed by atoms with Crippen LogP contribution in [0, 0.1) is 0 Å². The van der Waals surface area contributed by atoms with E-state index < -0.39 is 7.52 Å². The van der Waals surface area contributed by atoms with E-state index in [1.165, 1.54) is 0 Å². The summed E-state index contributed by atoms with van der Waals surface area (Å²) in [4.78, 5) is 0. The fraction of sp³-hybridized carbons (Fsp3) is 0.625. The molecule has 0 radical (unpaired) electrons. The Morgan fingerprint density at radius 1 is 1.30 bits per heavy atom. The van der Waals surface area contributed by atoms with E-state index >= 15 is 0 Å². The van der Waals surface area contributed by atoms with Crippen LogP contribution >= 0.6 is 7.52 Å². The maximum atomic E-state index is 13.6. The summed E-state index contributed by atoms with van der Waals surface area (Å²) in [6, 6.07) is 10.0. The molecular formula is C16H26NO2P. The van der Waals surface area contributed by atoms with Gasteiger partial charge in [-0.1, -0.05) is 30.3 Å². The lowest BCUT2D eigenvalue weighted by molar-refractivity contribution is 0.0963. The highest BCUT2D eigenvalue weighted by molar-refractivity contribution is 7.57. The third-order valence-corrected chi connectivity index (χ3v) is 7.37. The predicted octanol–water partition coefficient (Wildman–Crippen LogP) is 4.85. The molecule has 1 aromatic rings. The van der Waals surface area contributed by atoms with Crippen LogP contribution in [-0.4, -0.2) is 22.9 Å². The number of hydrogen-bond donors (Lipinski definition) is 0. The van der Waals surface area contributed by atoms with Crippen LogP contribution in [0.25, 0.3) is 0 Å². The molecule has 0 bridgehead atoms. The van der Waals surface area contributed by atoms with Gasteiger partial charge >= 0.3 is 0 Å². The second kappa shape index (κ2) is 5.63. The Balaban J connectivity index is 2.39. The average molecular weight is 295 g/mol. The van der Waals surface area contributed by atoms with Gasteiger partial charge in [0.2, 0.25) is 0 Å². The minimum Gasteiger partial charge on any atom is -0.314 e. The van der Waals surface area contributed by atoms with E-state index in [2.05, 4.69) is 25.4 Å². The lowest BCUT2D eigenvalue weighted by Crippen LogP contribution is -2.45. The molecule has 1 heterocycles. The molecule has 1 aliphatic heterocycles. The van der Waals surface area contributed by atoms with Crippen molar-refractivity contribution in [3.8, 4) is 0 Å². The van der Waals surface area contributed by atoms with Crippen molar-refractivity contribution in [2.75, 3.05) is 6.54 Å². The van der Waals surface area contributed by atoms with E-state index in [9.17, 15) is 4.57 Å². The smallest absolute Gasteiger partial charge is 0.280 e. The number of rotatable bonds is 2. The fourth-order valence-corrected chi connectivity index (χ4v) is 5.90. The zero-order valence-corrected chi connectivity index (χ0v) is 14.1. The molecule has 1 aromatic carbocycles. The number of hydrogen-bond acceptors (Lipinski definition) is 2. The van der Waals surface area contributed by atoms with Crippen molar-refractivity contribution < 1.29 is 9.09 Å². The Morgan fingerprint density at radius 3 is 2.45 bits per heavy atom. The molecule has 2 rings (SSSR count). The molecule has 112 valence electrons. The zero-order chi connectivity index (χ0) is 15.0. The van der Waals surface area contributed by atoms with Crippen LogP contribution in [0.5, 0.6) is 0 Å². The number of nitrogens with zero attached hydrogens (tertiary/aromatic N) is 1. The fourth-order valence-electron chi connectivity index (χ4n) is 2.78. The predicted molar refractivity (Wildman–Crippen MR) is 84.1 cm³/mol. The van der Waals surface area contributed by atoms with Gasteiger partial charge in [0, 0.05) is 12.1 Å². The van der Waals surface area contributed by atoms with Gasteiger partial charge in [0.05, 0.1) is 11.8 Å². The monoisotopic (exact) mass is 295 g/mol. The molecule has 20 heavy (non-hydrogen) atoms. The first-order valence-corrected chi connectivity index (χ1v) is 9.01. The van der Waals surface area contributed by atoms with Gasteiger partial charge in [0.1, 0.15) is 0 Å². The molecule has 0 N–H and O–H groups in total. The van der Waals surface area contributed by atoms with Gasteiger partial charge in [-0.05, 0) is 46.6 Å². The summed E-state index contributed by atoms with van der Waals surface area (Å²) in [6.07, 6.45) is 0.994. The second-order valence-electron chi connectivity index (χ2n) is 6.65. The molecule has 0 aliphatic carbocycles. The topological polar surface area (TPSA) is 29.5 Å². The Labute approximate surface area is 122 Å². The molecule has 0 saturated carbocycles. The lowest BCUT2D eigenvalue weighted by Gasteiger charge is -2.47. The largest absolute Gasteiger partial charge is 0.314 e. The van der Waals surface area contributed by atoms with Gasteiger partial charge in [-0.15, -0.1) is 0 Å². The van der Waals surface area contributed by atoms with Gasteiger partial charge in [0.15, 0.2) is 0 Å². The third-order valence-electron chi connectivity index (χ3n) is 3.96. The first-order chi connectivity index (χ1) is 9.25. The lowest BCUT2D eigenvalue weighted by atomic mass is 10.1. The zero-order valence-electron chi connectivity index (χ0n) is 13.2. The summed E-state index contributed by atoms with van der Waals surface area (Å²) in [5, 5.41) is 0. The van der Waals surface area contributed by atoms with Gasteiger partial charge in [-0.2, -0.15) is 0 Å². The highest BCUT2D eigenvalue weighted by Gasteiger charge is 2.47. The highest BCUT2D eigenvalue weighted by Crippen LogP contribution is 2.67. The van der Waals surface area contributed by atoms with Crippen LogP contribution in [0.15, 0.2) is 30.3 Å².